The van der Waals surface area contributed by atoms with Crippen molar-refractivity contribution in [2.75, 3.05) is 7.11 Å². The van der Waals surface area contributed by atoms with E-state index in [1.807, 2.05) is 57.2 Å². The molecule has 0 unspecified atom stereocenters. The van der Waals surface area contributed by atoms with Gasteiger partial charge in [-0.1, -0.05) is 66.5 Å². The van der Waals surface area contributed by atoms with Crippen molar-refractivity contribution in [2.45, 2.75) is 39.7 Å². The Kier molecular flexibility index (Phi) is 7.66. The zero-order valence-electron chi connectivity index (χ0n) is 20.8. The van der Waals surface area contributed by atoms with Crippen LogP contribution >= 0.6 is 31.9 Å². The third-order valence-corrected chi connectivity index (χ3v) is 6.73. The van der Waals surface area contributed by atoms with Gasteiger partial charge in [0.05, 0.1) is 24.2 Å². The maximum atomic E-state index is 13.4. The summed E-state index contributed by atoms with van der Waals surface area (Å²) in [6, 6.07) is 17.3. The molecule has 186 valence electrons. The number of fused-ring (bicyclic) bond motifs is 1. The van der Waals surface area contributed by atoms with E-state index in [1.54, 1.807) is 19.4 Å². The highest BCUT2D eigenvalue weighted by Gasteiger charge is 2.23. The molecule has 36 heavy (non-hydrogen) atoms. The highest BCUT2D eigenvalue weighted by Crippen LogP contribution is 2.33. The number of aryl methyl sites for hydroxylation is 1. The quantitative estimate of drug-likeness (QED) is 0.220. The number of hydrogen-bond donors (Lipinski definition) is 0. The van der Waals surface area contributed by atoms with Crippen LogP contribution in [0.2, 0.25) is 0 Å². The molecular weight excluding hydrogens is 586 g/mol. The molecule has 1 heterocycles. The number of hydrogen-bond acceptors (Lipinski definition) is 5. The maximum Gasteiger partial charge on any atom is 0.282 e. The van der Waals surface area contributed by atoms with E-state index in [2.05, 4.69) is 56.0 Å². The van der Waals surface area contributed by atoms with Crippen LogP contribution in [-0.2, 0) is 12.0 Å². The van der Waals surface area contributed by atoms with Crippen molar-refractivity contribution in [2.24, 2.45) is 5.10 Å². The van der Waals surface area contributed by atoms with Crippen LogP contribution < -0.4 is 15.0 Å². The largest absolute Gasteiger partial charge is 0.493 e. The number of aromatic nitrogens is 2. The number of rotatable bonds is 6. The van der Waals surface area contributed by atoms with E-state index in [9.17, 15) is 4.79 Å². The summed E-state index contributed by atoms with van der Waals surface area (Å²) in [5.41, 5.74) is 2.98. The van der Waals surface area contributed by atoms with Crippen molar-refractivity contribution in [3.05, 3.63) is 96.4 Å². The smallest absolute Gasteiger partial charge is 0.282 e. The van der Waals surface area contributed by atoms with E-state index in [0.29, 0.717) is 34.8 Å². The van der Waals surface area contributed by atoms with Crippen molar-refractivity contribution in [1.29, 1.82) is 0 Å². The molecule has 0 saturated heterocycles. The fourth-order valence-electron chi connectivity index (χ4n) is 3.75. The zero-order valence-corrected chi connectivity index (χ0v) is 24.0. The summed E-state index contributed by atoms with van der Waals surface area (Å²) in [6.07, 6.45) is 1.62. The summed E-state index contributed by atoms with van der Waals surface area (Å²) in [5.74, 6) is 1.74. The standard InChI is InChI=1S/C28H27Br2N3O3/c1-17-7-6-8-18(11-17)16-36-25-14-22(30)19(12-24(25)35-5)15-31-33-26(34)21-13-20(29)9-10-23(21)32-27(33)28(2,3)4/h6-15H,16H2,1-5H3. The van der Waals surface area contributed by atoms with E-state index in [1.165, 1.54) is 10.2 Å². The molecule has 0 aliphatic heterocycles. The fourth-order valence-corrected chi connectivity index (χ4v) is 4.53. The van der Waals surface area contributed by atoms with E-state index in [0.717, 1.165) is 20.1 Å². The molecule has 0 radical (unpaired) electrons. The number of nitrogens with zero attached hydrogens (tertiary/aromatic N) is 3. The van der Waals surface area contributed by atoms with Gasteiger partial charge in [-0.15, -0.1) is 0 Å². The summed E-state index contributed by atoms with van der Waals surface area (Å²) in [4.78, 5) is 18.2. The second kappa shape index (κ2) is 10.6. The molecule has 4 aromatic rings. The lowest BCUT2D eigenvalue weighted by Gasteiger charge is -2.21. The number of halogens is 2. The molecule has 0 saturated carbocycles. The lowest BCUT2D eigenvalue weighted by molar-refractivity contribution is 0.284. The fraction of sp³-hybridized carbons (Fsp3) is 0.250. The highest BCUT2D eigenvalue weighted by atomic mass is 79.9. The van der Waals surface area contributed by atoms with Crippen LogP contribution in [0.25, 0.3) is 10.9 Å². The minimum atomic E-state index is -0.403. The Labute approximate surface area is 227 Å². The van der Waals surface area contributed by atoms with Gasteiger partial charge in [0.1, 0.15) is 12.4 Å². The van der Waals surface area contributed by atoms with Crippen molar-refractivity contribution in [3.63, 3.8) is 0 Å². The summed E-state index contributed by atoms with van der Waals surface area (Å²) in [6.45, 7) is 8.48. The average Bonchev–Trinajstić information content (AvgIpc) is 2.82. The predicted octanol–water partition coefficient (Wildman–Crippen LogP) is 7.00. The molecular formula is C28H27Br2N3O3. The molecule has 0 atom stereocenters. The first kappa shape index (κ1) is 26.1. The van der Waals surface area contributed by atoms with Crippen LogP contribution in [0.3, 0.4) is 0 Å². The second-order valence-corrected chi connectivity index (χ2v) is 11.3. The van der Waals surface area contributed by atoms with Crippen LogP contribution in [0.1, 0.15) is 43.3 Å². The van der Waals surface area contributed by atoms with Crippen LogP contribution in [0, 0.1) is 6.92 Å². The first-order valence-corrected chi connectivity index (χ1v) is 13.0. The van der Waals surface area contributed by atoms with Crippen molar-refractivity contribution in [3.8, 4) is 11.5 Å². The van der Waals surface area contributed by atoms with Gasteiger partial charge < -0.3 is 9.47 Å². The van der Waals surface area contributed by atoms with E-state index in [-0.39, 0.29) is 5.56 Å². The molecule has 0 aliphatic rings. The molecule has 6 nitrogen and oxygen atoms in total. The van der Waals surface area contributed by atoms with Gasteiger partial charge in [0.25, 0.3) is 5.56 Å². The Bertz CT molecular complexity index is 1520. The Morgan fingerprint density at radius 2 is 1.83 bits per heavy atom. The summed E-state index contributed by atoms with van der Waals surface area (Å²) in [7, 11) is 1.59. The maximum absolute atomic E-state index is 13.4. The molecule has 0 bridgehead atoms. The molecule has 1 aromatic heterocycles. The molecule has 0 amide bonds. The molecule has 3 aromatic carbocycles. The van der Waals surface area contributed by atoms with E-state index >= 15 is 0 Å². The van der Waals surface area contributed by atoms with Gasteiger partial charge >= 0.3 is 0 Å². The van der Waals surface area contributed by atoms with Crippen LogP contribution in [0.15, 0.2) is 73.4 Å². The Morgan fingerprint density at radius 1 is 1.06 bits per heavy atom. The third kappa shape index (κ3) is 5.71. The number of ether oxygens (including phenoxy) is 2. The van der Waals surface area contributed by atoms with Gasteiger partial charge in [0, 0.05) is 19.9 Å². The number of methoxy groups -OCH3 is 1. The SMILES string of the molecule is COc1cc(C=Nn2c(C(C)(C)C)nc3ccc(Br)cc3c2=O)c(Br)cc1OCc1cccc(C)c1. The average molecular weight is 613 g/mol. The number of benzene rings is 3. The first-order chi connectivity index (χ1) is 17.1. The Morgan fingerprint density at radius 3 is 2.53 bits per heavy atom. The van der Waals surface area contributed by atoms with Gasteiger partial charge in [-0.2, -0.15) is 9.78 Å². The molecule has 0 fully saturated rings. The minimum Gasteiger partial charge on any atom is -0.493 e. The van der Waals surface area contributed by atoms with Gasteiger partial charge in [-0.05, 0) is 58.7 Å². The predicted molar refractivity (Wildman–Crippen MR) is 152 cm³/mol. The van der Waals surface area contributed by atoms with E-state index in [4.69, 9.17) is 14.5 Å². The summed E-state index contributed by atoms with van der Waals surface area (Å²) in [5, 5.41) is 5.06. The van der Waals surface area contributed by atoms with Gasteiger partial charge in [-0.25, -0.2) is 4.98 Å². The Balaban J connectivity index is 1.72. The lowest BCUT2D eigenvalue weighted by Crippen LogP contribution is -2.29. The van der Waals surface area contributed by atoms with Gasteiger partial charge in [0.15, 0.2) is 11.5 Å². The third-order valence-electron chi connectivity index (χ3n) is 5.55. The normalized spacial score (nSPS) is 11.9. The highest BCUT2D eigenvalue weighted by molar-refractivity contribution is 9.10. The monoisotopic (exact) mass is 611 g/mol. The lowest BCUT2D eigenvalue weighted by atomic mass is 9.95. The molecule has 0 spiro atoms. The topological polar surface area (TPSA) is 65.7 Å². The van der Waals surface area contributed by atoms with Crippen LogP contribution in [-0.4, -0.2) is 23.0 Å². The van der Waals surface area contributed by atoms with Crippen LogP contribution in [0.4, 0.5) is 0 Å². The van der Waals surface area contributed by atoms with Crippen molar-refractivity contribution < 1.29 is 9.47 Å². The van der Waals surface area contributed by atoms with E-state index < -0.39 is 5.41 Å². The van der Waals surface area contributed by atoms with Crippen molar-refractivity contribution in [1.82, 2.24) is 9.66 Å². The first-order valence-electron chi connectivity index (χ1n) is 11.4. The second-order valence-electron chi connectivity index (χ2n) is 9.51. The van der Waals surface area contributed by atoms with Crippen molar-refractivity contribution >= 4 is 49.0 Å². The van der Waals surface area contributed by atoms with Gasteiger partial charge in [-0.3, -0.25) is 4.79 Å². The molecule has 0 aliphatic carbocycles. The Hall–Kier alpha value is -2.97. The van der Waals surface area contributed by atoms with Gasteiger partial charge in [0.2, 0.25) is 0 Å². The molecule has 8 heteroatoms. The molecule has 0 N–H and O–H groups in total. The zero-order chi connectivity index (χ0) is 26.0. The summed E-state index contributed by atoms with van der Waals surface area (Å²) >= 11 is 7.05. The van der Waals surface area contributed by atoms with Crippen LogP contribution in [0.5, 0.6) is 11.5 Å². The minimum absolute atomic E-state index is 0.233. The summed E-state index contributed by atoms with van der Waals surface area (Å²) < 4.78 is 14.6. The molecule has 4 rings (SSSR count).